The Morgan fingerprint density at radius 3 is 2.17 bits per heavy atom. The Hall–Kier alpha value is -2.11. The van der Waals surface area contributed by atoms with E-state index in [1.54, 1.807) is 6.92 Å². The van der Waals surface area contributed by atoms with Crippen LogP contribution in [0.5, 0.6) is 0 Å². The van der Waals surface area contributed by atoms with Crippen molar-refractivity contribution in [2.75, 3.05) is 33.3 Å². The van der Waals surface area contributed by atoms with Crippen LogP contribution < -0.4 is 0 Å². The third-order valence-corrected chi connectivity index (χ3v) is 4.50. The SMILES string of the molecule is COC(=O)CCCCC1=C(N2CC2)C(=O)C(C)=C(N2CC2)C1=O. The maximum atomic E-state index is 12.9. The standard InChI is InChI=1S/C17H22N2O4/c1-11-14(18-7-8-18)17(22)12(5-3-4-6-13(20)23-2)15(16(11)21)19-9-10-19/h3-10H2,1-2H3. The molecule has 0 aromatic carbocycles. The normalized spacial score (nSPS) is 20.4. The summed E-state index contributed by atoms with van der Waals surface area (Å²) >= 11 is 0. The summed E-state index contributed by atoms with van der Waals surface area (Å²) in [5, 5.41) is 0. The number of unbranched alkanes of at least 4 members (excludes halogenated alkanes) is 1. The predicted molar refractivity (Wildman–Crippen MR) is 83.4 cm³/mol. The number of carbonyl (C=O) groups is 3. The van der Waals surface area contributed by atoms with Crippen LogP contribution in [0, 0.1) is 0 Å². The topological polar surface area (TPSA) is 66.5 Å². The van der Waals surface area contributed by atoms with E-state index in [0.717, 1.165) is 26.2 Å². The molecule has 0 atom stereocenters. The van der Waals surface area contributed by atoms with Crippen molar-refractivity contribution in [2.45, 2.75) is 32.6 Å². The highest BCUT2D eigenvalue weighted by molar-refractivity contribution is 6.24. The van der Waals surface area contributed by atoms with E-state index in [1.165, 1.54) is 7.11 Å². The number of methoxy groups -OCH3 is 1. The van der Waals surface area contributed by atoms with Gasteiger partial charge >= 0.3 is 5.97 Å². The molecule has 2 heterocycles. The number of rotatable bonds is 7. The summed E-state index contributed by atoms with van der Waals surface area (Å²) in [6.07, 6.45) is 2.25. The lowest BCUT2D eigenvalue weighted by Crippen LogP contribution is -2.29. The van der Waals surface area contributed by atoms with Crippen LogP contribution in [0.2, 0.25) is 0 Å². The van der Waals surface area contributed by atoms with Gasteiger partial charge in [0.1, 0.15) is 0 Å². The number of ketones is 2. The van der Waals surface area contributed by atoms with Crippen LogP contribution in [-0.2, 0) is 19.1 Å². The Labute approximate surface area is 135 Å². The minimum absolute atomic E-state index is 0.000400. The summed E-state index contributed by atoms with van der Waals surface area (Å²) in [4.78, 5) is 40.7. The summed E-state index contributed by atoms with van der Waals surface area (Å²) in [5.41, 5.74) is 2.39. The summed E-state index contributed by atoms with van der Waals surface area (Å²) in [6, 6.07) is 0. The monoisotopic (exact) mass is 318 g/mol. The third kappa shape index (κ3) is 3.16. The van der Waals surface area contributed by atoms with Gasteiger partial charge in [-0.15, -0.1) is 0 Å². The van der Waals surface area contributed by atoms with Crippen LogP contribution in [0.25, 0.3) is 0 Å². The fraction of sp³-hybridized carbons (Fsp3) is 0.588. The van der Waals surface area contributed by atoms with Crippen molar-refractivity contribution in [3.05, 3.63) is 22.5 Å². The van der Waals surface area contributed by atoms with Gasteiger partial charge < -0.3 is 14.5 Å². The van der Waals surface area contributed by atoms with Crippen molar-refractivity contribution >= 4 is 17.5 Å². The van der Waals surface area contributed by atoms with E-state index in [4.69, 9.17) is 0 Å². The Bertz CT molecular complexity index is 625. The molecule has 0 spiro atoms. The Morgan fingerprint density at radius 2 is 1.61 bits per heavy atom. The fourth-order valence-corrected chi connectivity index (χ4v) is 3.01. The first-order valence-corrected chi connectivity index (χ1v) is 8.14. The summed E-state index contributed by atoms with van der Waals surface area (Å²) in [7, 11) is 1.37. The van der Waals surface area contributed by atoms with Gasteiger partial charge in [-0.1, -0.05) is 0 Å². The van der Waals surface area contributed by atoms with Gasteiger partial charge in [0.25, 0.3) is 0 Å². The number of hydrogen-bond donors (Lipinski definition) is 0. The molecule has 0 unspecified atom stereocenters. The van der Waals surface area contributed by atoms with Gasteiger partial charge in [0, 0.05) is 43.7 Å². The van der Waals surface area contributed by atoms with E-state index >= 15 is 0 Å². The number of carbonyl (C=O) groups excluding carboxylic acids is 3. The molecule has 124 valence electrons. The van der Waals surface area contributed by atoms with Crippen LogP contribution in [0.15, 0.2) is 22.5 Å². The van der Waals surface area contributed by atoms with Gasteiger partial charge in [0.05, 0.1) is 18.5 Å². The van der Waals surface area contributed by atoms with Crippen LogP contribution in [0.3, 0.4) is 0 Å². The van der Waals surface area contributed by atoms with E-state index < -0.39 is 0 Å². The molecule has 0 saturated carbocycles. The molecule has 0 bridgehead atoms. The Morgan fingerprint density at radius 1 is 1.00 bits per heavy atom. The van der Waals surface area contributed by atoms with Gasteiger partial charge in [0.15, 0.2) is 0 Å². The number of hydrogen-bond acceptors (Lipinski definition) is 6. The second-order valence-electron chi connectivity index (χ2n) is 6.22. The highest BCUT2D eigenvalue weighted by Crippen LogP contribution is 2.35. The number of Topliss-reactive ketones (excluding diaryl/α,β-unsaturated/α-hetero) is 2. The zero-order chi connectivity index (χ0) is 16.6. The summed E-state index contributed by atoms with van der Waals surface area (Å²) in [5.74, 6) is -0.247. The van der Waals surface area contributed by atoms with Crippen LogP contribution in [0.4, 0.5) is 0 Å². The molecule has 2 aliphatic heterocycles. The van der Waals surface area contributed by atoms with E-state index in [1.807, 2.05) is 9.80 Å². The number of allylic oxidation sites excluding steroid dienone is 2. The number of ether oxygens (including phenoxy) is 1. The Kier molecular flexibility index (Phi) is 4.24. The second kappa shape index (κ2) is 6.18. The van der Waals surface area contributed by atoms with Crippen LogP contribution in [-0.4, -0.2) is 60.6 Å². The smallest absolute Gasteiger partial charge is 0.305 e. The molecule has 3 rings (SSSR count). The number of nitrogens with zero attached hydrogens (tertiary/aromatic N) is 2. The molecular weight excluding hydrogens is 296 g/mol. The first kappa shape index (κ1) is 15.8. The molecule has 2 saturated heterocycles. The predicted octanol–water partition coefficient (Wildman–Crippen LogP) is 1.03. The molecule has 23 heavy (non-hydrogen) atoms. The van der Waals surface area contributed by atoms with Gasteiger partial charge in [-0.2, -0.15) is 0 Å². The fourth-order valence-electron chi connectivity index (χ4n) is 3.01. The van der Waals surface area contributed by atoms with Gasteiger partial charge in [-0.3, -0.25) is 14.4 Å². The molecule has 2 fully saturated rings. The van der Waals surface area contributed by atoms with Gasteiger partial charge in [-0.05, 0) is 26.2 Å². The first-order chi connectivity index (χ1) is 11.0. The van der Waals surface area contributed by atoms with E-state index in [0.29, 0.717) is 48.2 Å². The zero-order valence-electron chi connectivity index (χ0n) is 13.7. The lowest BCUT2D eigenvalue weighted by Gasteiger charge is -2.24. The summed E-state index contributed by atoms with van der Waals surface area (Å²) in [6.45, 7) is 5.13. The highest BCUT2D eigenvalue weighted by Gasteiger charge is 2.41. The van der Waals surface area contributed by atoms with E-state index in [9.17, 15) is 14.4 Å². The van der Waals surface area contributed by atoms with Crippen LogP contribution >= 0.6 is 0 Å². The maximum absolute atomic E-state index is 12.9. The average Bonchev–Trinajstić information content (AvgIpc) is 3.41. The lowest BCUT2D eigenvalue weighted by atomic mass is 9.88. The molecular formula is C17H22N2O4. The van der Waals surface area contributed by atoms with Crippen molar-refractivity contribution in [1.82, 2.24) is 9.80 Å². The minimum atomic E-state index is -0.239. The van der Waals surface area contributed by atoms with Crippen molar-refractivity contribution in [2.24, 2.45) is 0 Å². The van der Waals surface area contributed by atoms with Crippen molar-refractivity contribution < 1.29 is 19.1 Å². The Balaban J connectivity index is 1.75. The van der Waals surface area contributed by atoms with E-state index in [-0.39, 0.29) is 17.5 Å². The molecule has 0 N–H and O–H groups in total. The van der Waals surface area contributed by atoms with Crippen molar-refractivity contribution in [3.8, 4) is 0 Å². The molecule has 3 aliphatic rings. The van der Waals surface area contributed by atoms with Crippen LogP contribution in [0.1, 0.15) is 32.6 Å². The largest absolute Gasteiger partial charge is 0.469 e. The zero-order valence-corrected chi connectivity index (χ0v) is 13.7. The maximum Gasteiger partial charge on any atom is 0.305 e. The molecule has 0 aromatic heterocycles. The summed E-state index contributed by atoms with van der Waals surface area (Å²) < 4.78 is 4.63. The molecule has 6 heteroatoms. The molecule has 0 radical (unpaired) electrons. The van der Waals surface area contributed by atoms with E-state index in [2.05, 4.69) is 4.74 Å². The quantitative estimate of drug-likeness (QED) is 0.302. The van der Waals surface area contributed by atoms with Crippen molar-refractivity contribution in [1.29, 1.82) is 0 Å². The molecule has 1 aliphatic carbocycles. The second-order valence-corrected chi connectivity index (χ2v) is 6.22. The average molecular weight is 318 g/mol. The van der Waals surface area contributed by atoms with Gasteiger partial charge in [0.2, 0.25) is 11.6 Å². The van der Waals surface area contributed by atoms with Crippen molar-refractivity contribution in [3.63, 3.8) is 0 Å². The lowest BCUT2D eigenvalue weighted by molar-refractivity contribution is -0.140. The first-order valence-electron chi connectivity index (χ1n) is 8.14. The molecule has 6 nitrogen and oxygen atoms in total. The molecule has 0 amide bonds. The number of esters is 1. The minimum Gasteiger partial charge on any atom is -0.469 e. The highest BCUT2D eigenvalue weighted by atomic mass is 16.5. The third-order valence-electron chi connectivity index (χ3n) is 4.50. The van der Waals surface area contributed by atoms with Gasteiger partial charge in [-0.25, -0.2) is 0 Å². The molecule has 0 aromatic rings.